The predicted molar refractivity (Wildman–Crippen MR) is 108 cm³/mol. The first-order valence-electron chi connectivity index (χ1n) is 9.22. The molecule has 2 aromatic rings. The van der Waals surface area contributed by atoms with Crippen LogP contribution in [0, 0.1) is 6.92 Å². The maximum Gasteiger partial charge on any atom is 0.259 e. The number of hydrogen-bond donors (Lipinski definition) is 1. The molecule has 4 rings (SSSR count). The summed E-state index contributed by atoms with van der Waals surface area (Å²) in [6, 6.07) is 8.05. The number of hydrogen-bond acceptors (Lipinski definition) is 4. The molecule has 2 heterocycles. The lowest BCUT2D eigenvalue weighted by atomic mass is 10.1. The van der Waals surface area contributed by atoms with Gasteiger partial charge in [-0.1, -0.05) is 24.1 Å². The van der Waals surface area contributed by atoms with Crippen molar-refractivity contribution in [2.24, 2.45) is 0 Å². The fourth-order valence-corrected chi connectivity index (χ4v) is 5.91. The monoisotopic (exact) mass is 420 g/mol. The number of rotatable bonds is 2. The summed E-state index contributed by atoms with van der Waals surface area (Å²) in [7, 11) is -3.82. The standard InChI is InChI=1S/C20H21ClN2O4S/c1-12-6-7-17-16(9-12)22-20(24)14-10-19(15(21)11-18(14)27-17)28(25,26)23-8-4-3-5-13(23)2/h6-7,9-11,13H,3-5,8H2,1-2H3,(H,22,24). The van der Waals surface area contributed by atoms with E-state index in [1.54, 1.807) is 12.1 Å². The number of carbonyl (C=O) groups excluding carboxylic acids is 1. The zero-order valence-corrected chi connectivity index (χ0v) is 17.2. The highest BCUT2D eigenvalue weighted by atomic mass is 35.5. The number of benzene rings is 2. The van der Waals surface area contributed by atoms with Crippen LogP contribution in [0.4, 0.5) is 5.69 Å². The Morgan fingerprint density at radius 1 is 1.18 bits per heavy atom. The summed E-state index contributed by atoms with van der Waals surface area (Å²) in [4.78, 5) is 12.7. The number of carbonyl (C=O) groups is 1. The number of sulfonamides is 1. The Hall–Kier alpha value is -2.09. The molecule has 148 valence electrons. The van der Waals surface area contributed by atoms with E-state index in [2.05, 4.69) is 5.32 Å². The first-order valence-corrected chi connectivity index (χ1v) is 11.0. The van der Waals surface area contributed by atoms with Crippen molar-refractivity contribution in [2.45, 2.75) is 44.0 Å². The molecule has 1 unspecified atom stereocenters. The Morgan fingerprint density at radius 3 is 2.71 bits per heavy atom. The predicted octanol–water partition coefficient (Wildman–Crippen LogP) is 4.57. The van der Waals surface area contributed by atoms with Crippen LogP contribution in [-0.4, -0.2) is 31.2 Å². The van der Waals surface area contributed by atoms with Crippen LogP contribution in [0.25, 0.3) is 0 Å². The number of nitrogens with zero attached hydrogens (tertiary/aromatic N) is 1. The number of halogens is 1. The van der Waals surface area contributed by atoms with Gasteiger partial charge in [0.15, 0.2) is 5.75 Å². The fourth-order valence-electron chi connectivity index (χ4n) is 3.69. The molecular weight excluding hydrogens is 400 g/mol. The van der Waals surface area contributed by atoms with Gasteiger partial charge in [-0.3, -0.25) is 4.79 Å². The maximum absolute atomic E-state index is 13.2. The molecule has 1 fully saturated rings. The van der Waals surface area contributed by atoms with Crippen LogP contribution in [0.15, 0.2) is 35.2 Å². The average molecular weight is 421 g/mol. The van der Waals surface area contributed by atoms with Gasteiger partial charge in [-0.15, -0.1) is 0 Å². The van der Waals surface area contributed by atoms with Crippen molar-refractivity contribution in [2.75, 3.05) is 11.9 Å². The lowest BCUT2D eigenvalue weighted by Crippen LogP contribution is -2.42. The molecule has 1 saturated heterocycles. The molecule has 1 N–H and O–H groups in total. The molecule has 8 heteroatoms. The molecule has 0 saturated carbocycles. The van der Waals surface area contributed by atoms with Crippen molar-refractivity contribution in [3.8, 4) is 11.5 Å². The minimum atomic E-state index is -3.82. The molecule has 1 amide bonds. The first kappa shape index (κ1) is 19.2. The van der Waals surface area contributed by atoms with Gasteiger partial charge in [0.1, 0.15) is 10.6 Å². The zero-order chi connectivity index (χ0) is 20.1. The summed E-state index contributed by atoms with van der Waals surface area (Å²) in [6.45, 7) is 4.25. The van der Waals surface area contributed by atoms with Crippen LogP contribution in [0.3, 0.4) is 0 Å². The van der Waals surface area contributed by atoms with Gasteiger partial charge in [0.2, 0.25) is 10.0 Å². The molecule has 0 radical (unpaired) electrons. The van der Waals surface area contributed by atoms with Crippen LogP contribution in [-0.2, 0) is 10.0 Å². The number of ether oxygens (including phenoxy) is 1. The van der Waals surface area contributed by atoms with Crippen LogP contribution in [0.2, 0.25) is 5.02 Å². The lowest BCUT2D eigenvalue weighted by Gasteiger charge is -2.32. The summed E-state index contributed by atoms with van der Waals surface area (Å²) < 4.78 is 33.8. The highest BCUT2D eigenvalue weighted by Crippen LogP contribution is 2.40. The van der Waals surface area contributed by atoms with E-state index in [1.807, 2.05) is 19.9 Å². The van der Waals surface area contributed by atoms with Crippen molar-refractivity contribution in [3.63, 3.8) is 0 Å². The van der Waals surface area contributed by atoms with E-state index in [0.717, 1.165) is 24.8 Å². The molecule has 2 aliphatic rings. The van der Waals surface area contributed by atoms with Crippen molar-refractivity contribution >= 4 is 33.2 Å². The van der Waals surface area contributed by atoms with Gasteiger partial charge in [-0.25, -0.2) is 8.42 Å². The number of anilines is 1. The summed E-state index contributed by atoms with van der Waals surface area (Å²) in [5.74, 6) is 0.281. The third kappa shape index (κ3) is 3.27. The summed E-state index contributed by atoms with van der Waals surface area (Å²) >= 11 is 6.35. The van der Waals surface area contributed by atoms with Gasteiger partial charge in [0.05, 0.1) is 16.3 Å². The first-order chi connectivity index (χ1) is 13.3. The minimum Gasteiger partial charge on any atom is -0.454 e. The Labute approximate surface area is 169 Å². The second kappa shape index (κ2) is 7.06. The van der Waals surface area contributed by atoms with Gasteiger partial charge in [-0.2, -0.15) is 4.31 Å². The van der Waals surface area contributed by atoms with Crippen molar-refractivity contribution in [3.05, 3.63) is 46.5 Å². The second-order valence-electron chi connectivity index (χ2n) is 7.30. The summed E-state index contributed by atoms with van der Waals surface area (Å²) in [5.41, 5.74) is 1.64. The van der Waals surface area contributed by atoms with Gasteiger partial charge >= 0.3 is 0 Å². The Morgan fingerprint density at radius 2 is 1.96 bits per heavy atom. The van der Waals surface area contributed by atoms with Crippen LogP contribution >= 0.6 is 11.6 Å². The molecule has 6 nitrogen and oxygen atoms in total. The smallest absolute Gasteiger partial charge is 0.259 e. The van der Waals surface area contributed by atoms with Gasteiger partial charge in [-0.05, 0) is 50.5 Å². The molecular formula is C20H21ClN2O4S. The minimum absolute atomic E-state index is 0.0416. The fraction of sp³-hybridized carbons (Fsp3) is 0.350. The Bertz CT molecular complexity index is 1070. The highest BCUT2D eigenvalue weighted by Gasteiger charge is 2.34. The number of amides is 1. The van der Waals surface area contributed by atoms with Crippen molar-refractivity contribution in [1.82, 2.24) is 4.31 Å². The highest BCUT2D eigenvalue weighted by molar-refractivity contribution is 7.89. The van der Waals surface area contributed by atoms with Crippen molar-refractivity contribution < 1.29 is 17.9 Å². The molecule has 2 aliphatic heterocycles. The van der Waals surface area contributed by atoms with Crippen LogP contribution < -0.4 is 10.1 Å². The number of aryl methyl sites for hydroxylation is 1. The van der Waals surface area contributed by atoms with Gasteiger partial charge in [0.25, 0.3) is 5.91 Å². The quantitative estimate of drug-likeness (QED) is 0.772. The van der Waals surface area contributed by atoms with E-state index in [-0.39, 0.29) is 27.3 Å². The second-order valence-corrected chi connectivity index (χ2v) is 9.56. The molecule has 2 aromatic carbocycles. The Balaban J connectivity index is 1.79. The topological polar surface area (TPSA) is 75.7 Å². The van der Waals surface area contributed by atoms with E-state index in [0.29, 0.717) is 18.0 Å². The van der Waals surface area contributed by atoms with Gasteiger partial charge < -0.3 is 10.1 Å². The van der Waals surface area contributed by atoms with Crippen LogP contribution in [0.5, 0.6) is 11.5 Å². The molecule has 28 heavy (non-hydrogen) atoms. The number of nitrogens with one attached hydrogen (secondary N) is 1. The van der Waals surface area contributed by atoms with E-state index < -0.39 is 15.9 Å². The normalized spacial score (nSPS) is 19.8. The molecule has 0 bridgehead atoms. The van der Waals surface area contributed by atoms with Crippen molar-refractivity contribution in [1.29, 1.82) is 0 Å². The molecule has 0 aliphatic carbocycles. The molecule has 0 spiro atoms. The third-order valence-corrected chi connectivity index (χ3v) is 7.69. The van der Waals surface area contributed by atoms with E-state index in [9.17, 15) is 13.2 Å². The largest absolute Gasteiger partial charge is 0.454 e. The molecule has 0 aromatic heterocycles. The zero-order valence-electron chi connectivity index (χ0n) is 15.7. The number of piperidine rings is 1. The van der Waals surface area contributed by atoms with E-state index >= 15 is 0 Å². The number of fused-ring (bicyclic) bond motifs is 2. The third-order valence-electron chi connectivity index (χ3n) is 5.21. The van der Waals surface area contributed by atoms with E-state index in [4.69, 9.17) is 16.3 Å². The lowest BCUT2D eigenvalue weighted by molar-refractivity contribution is 0.102. The maximum atomic E-state index is 13.2. The van der Waals surface area contributed by atoms with Crippen LogP contribution in [0.1, 0.15) is 42.1 Å². The molecule has 1 atom stereocenters. The average Bonchev–Trinajstić information content (AvgIpc) is 2.76. The van der Waals surface area contributed by atoms with E-state index in [1.165, 1.54) is 16.4 Å². The van der Waals surface area contributed by atoms with Gasteiger partial charge in [0, 0.05) is 18.7 Å². The summed E-state index contributed by atoms with van der Waals surface area (Å²) in [5, 5.41) is 2.83. The summed E-state index contributed by atoms with van der Waals surface area (Å²) in [6.07, 6.45) is 2.61. The SMILES string of the molecule is Cc1ccc2c(c1)NC(=O)c1cc(S(=O)(=O)N3CCCCC3C)c(Cl)cc1O2. The Kier molecular flexibility index (Phi) is 4.85.